The predicted molar refractivity (Wildman–Crippen MR) is 58.1 cm³/mol. The third kappa shape index (κ3) is 1.43. The van der Waals surface area contributed by atoms with Gasteiger partial charge in [-0.3, -0.25) is 0 Å². The van der Waals surface area contributed by atoms with Gasteiger partial charge in [0, 0.05) is 10.8 Å². The van der Waals surface area contributed by atoms with Crippen molar-refractivity contribution in [3.8, 4) is 12.1 Å². The molecule has 2 heteroatoms. The van der Waals surface area contributed by atoms with Gasteiger partial charge in [-0.05, 0) is 24.6 Å². The van der Waals surface area contributed by atoms with Crippen LogP contribution in [-0.2, 0) is 0 Å². The first kappa shape index (κ1) is 9.24. The molecular formula is C13H8N2. The van der Waals surface area contributed by atoms with Crippen LogP contribution in [-0.4, -0.2) is 0 Å². The van der Waals surface area contributed by atoms with E-state index in [1.54, 1.807) is 12.1 Å². The molecule has 0 aliphatic rings. The second kappa shape index (κ2) is 3.44. The third-order valence-electron chi connectivity index (χ3n) is 2.38. The van der Waals surface area contributed by atoms with E-state index in [-0.39, 0.29) is 0 Å². The number of benzene rings is 2. The molecule has 0 bridgehead atoms. The molecule has 0 aliphatic heterocycles. The van der Waals surface area contributed by atoms with E-state index in [9.17, 15) is 0 Å². The fraction of sp³-hybridized carbons (Fsp3) is 0.0769. The highest BCUT2D eigenvalue weighted by Gasteiger charge is 2.05. The summed E-state index contributed by atoms with van der Waals surface area (Å²) in [7, 11) is 0. The van der Waals surface area contributed by atoms with Crippen LogP contribution in [0.3, 0.4) is 0 Å². The van der Waals surface area contributed by atoms with Crippen molar-refractivity contribution in [2.24, 2.45) is 0 Å². The van der Waals surface area contributed by atoms with Crippen molar-refractivity contribution in [3.05, 3.63) is 47.0 Å². The lowest BCUT2D eigenvalue weighted by molar-refractivity contribution is 1.44. The zero-order chi connectivity index (χ0) is 10.8. The molecule has 0 atom stereocenters. The molecule has 2 rings (SSSR count). The minimum absolute atomic E-state index is 0.618. The van der Waals surface area contributed by atoms with E-state index < -0.39 is 0 Å². The molecule has 0 aromatic heterocycles. The van der Waals surface area contributed by atoms with Gasteiger partial charge in [-0.25, -0.2) is 0 Å². The maximum absolute atomic E-state index is 8.99. The Morgan fingerprint density at radius 1 is 0.933 bits per heavy atom. The summed E-state index contributed by atoms with van der Waals surface area (Å²) in [6, 6.07) is 13.5. The highest BCUT2D eigenvalue weighted by Crippen LogP contribution is 2.23. The van der Waals surface area contributed by atoms with Gasteiger partial charge in [-0.15, -0.1) is 0 Å². The van der Waals surface area contributed by atoms with Crippen molar-refractivity contribution >= 4 is 10.8 Å². The minimum atomic E-state index is 0.618. The number of fused-ring (bicyclic) bond motifs is 1. The molecule has 0 unspecified atom stereocenters. The molecule has 0 saturated carbocycles. The molecule has 2 nitrogen and oxygen atoms in total. The Balaban J connectivity index is 2.98. The Labute approximate surface area is 88.0 Å². The molecule has 0 amide bonds. The highest BCUT2D eigenvalue weighted by molar-refractivity contribution is 5.92. The Hall–Kier alpha value is -2.32. The Morgan fingerprint density at radius 2 is 1.67 bits per heavy atom. The van der Waals surface area contributed by atoms with Crippen LogP contribution >= 0.6 is 0 Å². The summed E-state index contributed by atoms with van der Waals surface area (Å²) < 4.78 is 0. The van der Waals surface area contributed by atoms with E-state index >= 15 is 0 Å². The van der Waals surface area contributed by atoms with Crippen LogP contribution in [0.15, 0.2) is 30.3 Å². The van der Waals surface area contributed by atoms with Crippen molar-refractivity contribution in [2.75, 3.05) is 0 Å². The predicted octanol–water partition coefficient (Wildman–Crippen LogP) is 2.89. The van der Waals surface area contributed by atoms with Crippen molar-refractivity contribution in [2.45, 2.75) is 6.92 Å². The summed E-state index contributed by atoms with van der Waals surface area (Å²) >= 11 is 0. The summed E-state index contributed by atoms with van der Waals surface area (Å²) in [6.07, 6.45) is 0. The lowest BCUT2D eigenvalue weighted by Crippen LogP contribution is -1.85. The van der Waals surface area contributed by atoms with Crippen LogP contribution in [0.4, 0.5) is 0 Å². The number of nitriles is 2. The van der Waals surface area contributed by atoms with Crippen LogP contribution < -0.4 is 0 Å². The van der Waals surface area contributed by atoms with Crippen LogP contribution in [0.2, 0.25) is 0 Å². The van der Waals surface area contributed by atoms with Gasteiger partial charge in [0.2, 0.25) is 0 Å². The zero-order valence-electron chi connectivity index (χ0n) is 8.28. The van der Waals surface area contributed by atoms with Crippen LogP contribution in [0.1, 0.15) is 16.7 Å². The Morgan fingerprint density at radius 3 is 2.33 bits per heavy atom. The molecule has 0 fully saturated rings. The number of nitrogens with zero attached hydrogens (tertiary/aromatic N) is 2. The molecule has 15 heavy (non-hydrogen) atoms. The van der Waals surface area contributed by atoms with Gasteiger partial charge in [0.25, 0.3) is 0 Å². The van der Waals surface area contributed by atoms with Crippen molar-refractivity contribution in [3.63, 3.8) is 0 Å². The van der Waals surface area contributed by atoms with Gasteiger partial charge >= 0.3 is 0 Å². The van der Waals surface area contributed by atoms with Gasteiger partial charge in [0.05, 0.1) is 23.3 Å². The second-order valence-electron chi connectivity index (χ2n) is 3.44. The first-order valence-electron chi connectivity index (χ1n) is 4.60. The maximum Gasteiger partial charge on any atom is 0.0998 e. The standard InChI is InChI=1S/C13H8N2/c1-9-5-11(8-15)12-4-2-3-10(7-14)13(12)6-9/h2-6H,1H3. The largest absolute Gasteiger partial charge is 0.192 e. The zero-order valence-corrected chi connectivity index (χ0v) is 8.28. The Kier molecular flexibility index (Phi) is 2.12. The number of rotatable bonds is 0. The molecule has 0 aliphatic carbocycles. The maximum atomic E-state index is 8.99. The number of hydrogen-bond acceptors (Lipinski definition) is 2. The average Bonchev–Trinajstić information content (AvgIpc) is 2.27. The summed E-state index contributed by atoms with van der Waals surface area (Å²) in [5, 5.41) is 19.7. The quantitative estimate of drug-likeness (QED) is 0.644. The van der Waals surface area contributed by atoms with Crippen LogP contribution in [0, 0.1) is 29.6 Å². The van der Waals surface area contributed by atoms with E-state index in [4.69, 9.17) is 10.5 Å². The molecule has 0 saturated heterocycles. The van der Waals surface area contributed by atoms with Gasteiger partial charge in [0.1, 0.15) is 0 Å². The Bertz CT molecular complexity index is 613. The molecular weight excluding hydrogens is 184 g/mol. The first-order valence-corrected chi connectivity index (χ1v) is 4.60. The monoisotopic (exact) mass is 192 g/mol. The lowest BCUT2D eigenvalue weighted by atomic mass is 9.99. The molecule has 0 spiro atoms. The molecule has 0 radical (unpaired) electrons. The van der Waals surface area contributed by atoms with Crippen LogP contribution in [0.5, 0.6) is 0 Å². The van der Waals surface area contributed by atoms with Crippen molar-refractivity contribution in [1.29, 1.82) is 10.5 Å². The lowest BCUT2D eigenvalue weighted by Gasteiger charge is -2.03. The molecule has 2 aromatic carbocycles. The normalized spacial score (nSPS) is 9.53. The molecule has 2 aromatic rings. The van der Waals surface area contributed by atoms with Gasteiger partial charge in [-0.2, -0.15) is 10.5 Å². The molecule has 0 heterocycles. The van der Waals surface area contributed by atoms with E-state index in [1.807, 2.05) is 25.1 Å². The molecule has 0 N–H and O–H groups in total. The fourth-order valence-corrected chi connectivity index (χ4v) is 1.72. The van der Waals surface area contributed by atoms with Crippen molar-refractivity contribution < 1.29 is 0 Å². The van der Waals surface area contributed by atoms with E-state index in [1.165, 1.54) is 0 Å². The van der Waals surface area contributed by atoms with E-state index in [0.717, 1.165) is 16.3 Å². The van der Waals surface area contributed by atoms with Gasteiger partial charge < -0.3 is 0 Å². The van der Waals surface area contributed by atoms with Gasteiger partial charge in [0.15, 0.2) is 0 Å². The summed E-state index contributed by atoms with van der Waals surface area (Å²) in [6.45, 7) is 1.93. The topological polar surface area (TPSA) is 47.6 Å². The first-order chi connectivity index (χ1) is 7.26. The smallest absolute Gasteiger partial charge is 0.0998 e. The number of aryl methyl sites for hydroxylation is 1. The summed E-state index contributed by atoms with van der Waals surface area (Å²) in [5.41, 5.74) is 2.25. The minimum Gasteiger partial charge on any atom is -0.192 e. The third-order valence-corrected chi connectivity index (χ3v) is 2.38. The summed E-state index contributed by atoms with van der Waals surface area (Å²) in [4.78, 5) is 0. The highest BCUT2D eigenvalue weighted by atomic mass is 14.3. The fourth-order valence-electron chi connectivity index (χ4n) is 1.72. The van der Waals surface area contributed by atoms with Crippen molar-refractivity contribution in [1.82, 2.24) is 0 Å². The van der Waals surface area contributed by atoms with E-state index in [2.05, 4.69) is 12.1 Å². The van der Waals surface area contributed by atoms with Gasteiger partial charge in [-0.1, -0.05) is 18.2 Å². The summed E-state index contributed by atoms with van der Waals surface area (Å²) in [5.74, 6) is 0. The van der Waals surface area contributed by atoms with E-state index in [0.29, 0.717) is 11.1 Å². The SMILES string of the molecule is Cc1cc(C#N)c2cccc(C#N)c2c1. The number of hydrogen-bond donors (Lipinski definition) is 0. The van der Waals surface area contributed by atoms with Crippen LogP contribution in [0.25, 0.3) is 10.8 Å². The average molecular weight is 192 g/mol. The second-order valence-corrected chi connectivity index (χ2v) is 3.44. The molecule has 70 valence electrons.